The van der Waals surface area contributed by atoms with Crippen molar-refractivity contribution in [2.75, 3.05) is 7.11 Å². The lowest BCUT2D eigenvalue weighted by atomic mass is 9.85. The second-order valence-electron chi connectivity index (χ2n) is 5.77. The Bertz CT molecular complexity index is 510. The molecule has 104 valence electrons. The molecule has 1 aromatic carbocycles. The third-order valence-corrected chi connectivity index (χ3v) is 6.66. The van der Waals surface area contributed by atoms with E-state index < -0.39 is 16.4 Å². The SMILES string of the molecule is COc1cc(C2(O)CC3CCC(C2)S3=O)ccc1C. The Morgan fingerprint density at radius 2 is 1.95 bits per heavy atom. The van der Waals surface area contributed by atoms with Crippen LogP contribution >= 0.6 is 0 Å². The first-order valence-electron chi connectivity index (χ1n) is 6.80. The molecule has 0 radical (unpaired) electrons. The van der Waals surface area contributed by atoms with Gasteiger partial charge < -0.3 is 9.84 Å². The fourth-order valence-electron chi connectivity index (χ4n) is 3.43. The minimum atomic E-state index is -0.833. The minimum Gasteiger partial charge on any atom is -0.496 e. The molecule has 4 heteroatoms. The predicted octanol–water partition coefficient (Wildman–Crippen LogP) is 2.26. The third-order valence-electron chi connectivity index (χ3n) is 4.54. The highest BCUT2D eigenvalue weighted by atomic mass is 32.2. The predicted molar refractivity (Wildman–Crippen MR) is 75.8 cm³/mol. The molecule has 2 heterocycles. The van der Waals surface area contributed by atoms with Crippen LogP contribution in [-0.2, 0) is 16.4 Å². The Balaban J connectivity index is 1.95. The molecule has 2 fully saturated rings. The normalized spacial score (nSPS) is 37.3. The first-order valence-corrected chi connectivity index (χ1v) is 8.08. The van der Waals surface area contributed by atoms with E-state index in [4.69, 9.17) is 4.74 Å². The number of hydrogen-bond donors (Lipinski definition) is 1. The lowest BCUT2D eigenvalue weighted by Crippen LogP contribution is -2.40. The number of hydrogen-bond acceptors (Lipinski definition) is 3. The van der Waals surface area contributed by atoms with Crippen LogP contribution in [0.15, 0.2) is 18.2 Å². The van der Waals surface area contributed by atoms with Crippen molar-refractivity contribution in [3.05, 3.63) is 29.3 Å². The lowest BCUT2D eigenvalue weighted by molar-refractivity contribution is 0.0183. The monoisotopic (exact) mass is 280 g/mol. The standard InChI is InChI=1S/C15H20O3S/c1-10-3-4-11(7-14(10)18-2)15(16)8-12-5-6-13(9-15)19(12)17/h3-4,7,12-13,16H,5-6,8-9H2,1-2H3. The number of ether oxygens (including phenoxy) is 1. The quantitative estimate of drug-likeness (QED) is 0.904. The first kappa shape index (κ1) is 13.1. The summed E-state index contributed by atoms with van der Waals surface area (Å²) in [6, 6.07) is 5.90. The van der Waals surface area contributed by atoms with Gasteiger partial charge in [-0.3, -0.25) is 4.21 Å². The van der Waals surface area contributed by atoms with Crippen LogP contribution in [0.25, 0.3) is 0 Å². The summed E-state index contributed by atoms with van der Waals surface area (Å²) >= 11 is 0. The molecular formula is C15H20O3S. The Labute approximate surface area is 116 Å². The number of aliphatic hydroxyl groups is 1. The summed E-state index contributed by atoms with van der Waals surface area (Å²) in [4.78, 5) is 0. The zero-order valence-electron chi connectivity index (χ0n) is 11.4. The molecule has 1 aromatic rings. The van der Waals surface area contributed by atoms with Gasteiger partial charge in [-0.05, 0) is 49.8 Å². The molecule has 3 nitrogen and oxygen atoms in total. The molecule has 0 amide bonds. The van der Waals surface area contributed by atoms with Crippen LogP contribution in [0, 0.1) is 6.92 Å². The van der Waals surface area contributed by atoms with Crippen LogP contribution in [0.1, 0.15) is 36.8 Å². The topological polar surface area (TPSA) is 46.5 Å². The average molecular weight is 280 g/mol. The van der Waals surface area contributed by atoms with Crippen molar-refractivity contribution >= 4 is 10.8 Å². The minimum absolute atomic E-state index is 0.163. The maximum Gasteiger partial charge on any atom is 0.122 e. The van der Waals surface area contributed by atoms with Gasteiger partial charge in [0.15, 0.2) is 0 Å². The fourth-order valence-corrected chi connectivity index (χ4v) is 5.59. The van der Waals surface area contributed by atoms with Crippen LogP contribution in [-0.4, -0.2) is 26.9 Å². The van der Waals surface area contributed by atoms with E-state index in [-0.39, 0.29) is 10.5 Å². The summed E-state index contributed by atoms with van der Waals surface area (Å²) in [6.07, 6.45) is 3.20. The molecular weight excluding hydrogens is 260 g/mol. The van der Waals surface area contributed by atoms with Crippen LogP contribution < -0.4 is 4.74 Å². The fraction of sp³-hybridized carbons (Fsp3) is 0.600. The second kappa shape index (κ2) is 4.60. The second-order valence-corrected chi connectivity index (χ2v) is 7.76. The van der Waals surface area contributed by atoms with Gasteiger partial charge in [0.2, 0.25) is 0 Å². The molecule has 1 N–H and O–H groups in total. The summed E-state index contributed by atoms with van der Waals surface area (Å²) in [5.41, 5.74) is 1.14. The average Bonchev–Trinajstić information content (AvgIpc) is 2.63. The van der Waals surface area contributed by atoms with Gasteiger partial charge in [0.1, 0.15) is 5.75 Å². The van der Waals surface area contributed by atoms with E-state index in [9.17, 15) is 9.32 Å². The Morgan fingerprint density at radius 1 is 1.32 bits per heavy atom. The molecule has 0 aliphatic carbocycles. The van der Waals surface area contributed by atoms with Gasteiger partial charge in [0.25, 0.3) is 0 Å². The van der Waals surface area contributed by atoms with Crippen LogP contribution in [0.2, 0.25) is 0 Å². The maximum atomic E-state index is 12.1. The molecule has 0 saturated carbocycles. The van der Waals surface area contributed by atoms with E-state index in [0.29, 0.717) is 12.8 Å². The summed E-state index contributed by atoms with van der Waals surface area (Å²) in [5.74, 6) is 0.810. The third kappa shape index (κ3) is 2.11. The lowest BCUT2D eigenvalue weighted by Gasteiger charge is -2.36. The van der Waals surface area contributed by atoms with Crippen molar-refractivity contribution in [3.63, 3.8) is 0 Å². The maximum absolute atomic E-state index is 12.1. The Morgan fingerprint density at radius 3 is 2.53 bits per heavy atom. The van der Waals surface area contributed by atoms with Crippen molar-refractivity contribution in [2.45, 2.75) is 48.7 Å². The van der Waals surface area contributed by atoms with Gasteiger partial charge in [-0.15, -0.1) is 0 Å². The van der Waals surface area contributed by atoms with Gasteiger partial charge in [0.05, 0.1) is 12.7 Å². The molecule has 2 unspecified atom stereocenters. The Kier molecular flexibility index (Phi) is 3.18. The van der Waals surface area contributed by atoms with Crippen LogP contribution in [0.3, 0.4) is 0 Å². The van der Waals surface area contributed by atoms with E-state index in [1.54, 1.807) is 7.11 Å². The summed E-state index contributed by atoms with van der Waals surface area (Å²) in [6.45, 7) is 1.99. The van der Waals surface area contributed by atoms with Crippen molar-refractivity contribution in [1.82, 2.24) is 0 Å². The van der Waals surface area contributed by atoms with E-state index in [0.717, 1.165) is 29.7 Å². The molecule has 2 saturated heterocycles. The van der Waals surface area contributed by atoms with Gasteiger partial charge in [0, 0.05) is 21.3 Å². The highest BCUT2D eigenvalue weighted by Crippen LogP contribution is 2.46. The van der Waals surface area contributed by atoms with Gasteiger partial charge in [-0.25, -0.2) is 0 Å². The number of methoxy groups -OCH3 is 1. The van der Waals surface area contributed by atoms with Gasteiger partial charge in [-0.2, -0.15) is 0 Å². The highest BCUT2D eigenvalue weighted by Gasteiger charge is 2.48. The van der Waals surface area contributed by atoms with Crippen molar-refractivity contribution in [3.8, 4) is 5.75 Å². The molecule has 2 bridgehead atoms. The zero-order valence-corrected chi connectivity index (χ0v) is 12.2. The summed E-state index contributed by atoms with van der Waals surface area (Å²) in [5, 5.41) is 11.3. The number of rotatable bonds is 2. The summed E-state index contributed by atoms with van der Waals surface area (Å²) in [7, 11) is 0.907. The van der Waals surface area contributed by atoms with Crippen molar-refractivity contribution in [2.24, 2.45) is 0 Å². The van der Waals surface area contributed by atoms with Crippen LogP contribution in [0.5, 0.6) is 5.75 Å². The number of benzene rings is 1. The van der Waals surface area contributed by atoms with Crippen molar-refractivity contribution in [1.29, 1.82) is 0 Å². The number of aryl methyl sites for hydroxylation is 1. The van der Waals surface area contributed by atoms with Crippen molar-refractivity contribution < 1.29 is 14.1 Å². The van der Waals surface area contributed by atoms with Crippen LogP contribution in [0.4, 0.5) is 0 Å². The molecule has 0 aromatic heterocycles. The first-order chi connectivity index (χ1) is 9.03. The molecule has 2 atom stereocenters. The smallest absolute Gasteiger partial charge is 0.122 e. The van der Waals surface area contributed by atoms with Gasteiger partial charge >= 0.3 is 0 Å². The largest absolute Gasteiger partial charge is 0.496 e. The highest BCUT2D eigenvalue weighted by molar-refractivity contribution is 7.86. The zero-order chi connectivity index (χ0) is 13.6. The molecule has 2 aliphatic heterocycles. The van der Waals surface area contributed by atoms with E-state index in [1.165, 1.54) is 0 Å². The van der Waals surface area contributed by atoms with E-state index in [1.807, 2.05) is 25.1 Å². The number of fused-ring (bicyclic) bond motifs is 2. The van der Waals surface area contributed by atoms with Gasteiger partial charge in [-0.1, -0.05) is 12.1 Å². The molecule has 19 heavy (non-hydrogen) atoms. The molecule has 2 aliphatic rings. The van der Waals surface area contributed by atoms with E-state index in [2.05, 4.69) is 0 Å². The van der Waals surface area contributed by atoms with E-state index >= 15 is 0 Å². The molecule has 0 spiro atoms. The Hall–Kier alpha value is -0.870. The molecule has 3 rings (SSSR count). The summed E-state index contributed by atoms with van der Waals surface area (Å²) < 4.78 is 17.4.